The number of carbonyl (C=O) groups excluding carboxylic acids is 1. The summed E-state index contributed by atoms with van der Waals surface area (Å²) in [5.41, 5.74) is 0.0207. The summed E-state index contributed by atoms with van der Waals surface area (Å²) in [5, 5.41) is 0. The Labute approximate surface area is 114 Å². The van der Waals surface area contributed by atoms with Gasteiger partial charge in [-0.25, -0.2) is 13.8 Å². The van der Waals surface area contributed by atoms with Crippen LogP contribution in [-0.4, -0.2) is 24.7 Å². The Morgan fingerprint density at radius 1 is 1.53 bits per heavy atom. The number of aromatic nitrogens is 1. The van der Waals surface area contributed by atoms with Crippen LogP contribution in [0.4, 0.5) is 8.78 Å². The molecule has 0 aliphatic heterocycles. The maximum absolute atomic E-state index is 12.9. The van der Waals surface area contributed by atoms with Crippen LogP contribution in [0.2, 0.25) is 0 Å². The van der Waals surface area contributed by atoms with Gasteiger partial charge < -0.3 is 9.47 Å². The first-order chi connectivity index (χ1) is 9.03. The summed E-state index contributed by atoms with van der Waals surface area (Å²) in [5.74, 6) is -0.668. The lowest BCUT2D eigenvalue weighted by Gasteiger charge is -2.12. The first-order valence-electron chi connectivity index (χ1n) is 5.59. The number of hydrogen-bond donors (Lipinski definition) is 0. The van der Waals surface area contributed by atoms with Crippen LogP contribution in [0.1, 0.15) is 30.2 Å². The van der Waals surface area contributed by atoms with Crippen molar-refractivity contribution in [2.75, 3.05) is 13.7 Å². The Morgan fingerprint density at radius 3 is 2.68 bits per heavy atom. The van der Waals surface area contributed by atoms with Gasteiger partial charge in [0.05, 0.1) is 31.7 Å². The normalized spacial score (nSPS) is 10.6. The second kappa shape index (κ2) is 7.23. The van der Waals surface area contributed by atoms with Gasteiger partial charge in [-0.1, -0.05) is 0 Å². The molecule has 0 N–H and O–H groups in total. The van der Waals surface area contributed by atoms with E-state index in [1.807, 2.05) is 0 Å². The van der Waals surface area contributed by atoms with Gasteiger partial charge in [-0.05, 0) is 13.0 Å². The minimum Gasteiger partial charge on any atom is -0.481 e. The second-order valence-electron chi connectivity index (χ2n) is 3.61. The highest BCUT2D eigenvalue weighted by molar-refractivity contribution is 6.17. The number of carbonyl (C=O) groups is 1. The SMILES string of the molecule is CCOC(=O)Cc1cc(C(F)F)c(CCl)c(OC)n1. The zero-order valence-corrected chi connectivity index (χ0v) is 11.3. The molecular formula is C12H14ClF2NO3. The monoisotopic (exact) mass is 293 g/mol. The van der Waals surface area contributed by atoms with Crippen molar-refractivity contribution in [3.05, 3.63) is 22.9 Å². The third kappa shape index (κ3) is 4.02. The highest BCUT2D eigenvalue weighted by Crippen LogP contribution is 2.30. The molecule has 1 aromatic rings. The minimum atomic E-state index is -2.72. The lowest BCUT2D eigenvalue weighted by Crippen LogP contribution is -2.11. The predicted molar refractivity (Wildman–Crippen MR) is 65.6 cm³/mol. The van der Waals surface area contributed by atoms with Gasteiger partial charge in [-0.15, -0.1) is 11.6 Å². The lowest BCUT2D eigenvalue weighted by molar-refractivity contribution is -0.142. The number of esters is 1. The molecule has 0 aliphatic carbocycles. The summed E-state index contributed by atoms with van der Waals surface area (Å²) in [6.45, 7) is 1.88. The molecule has 0 aliphatic rings. The quantitative estimate of drug-likeness (QED) is 0.598. The Bertz CT molecular complexity index is 455. The van der Waals surface area contributed by atoms with Crippen LogP contribution in [0.15, 0.2) is 6.07 Å². The van der Waals surface area contributed by atoms with Crippen LogP contribution in [0.5, 0.6) is 5.88 Å². The lowest BCUT2D eigenvalue weighted by atomic mass is 10.1. The molecule has 19 heavy (non-hydrogen) atoms. The number of methoxy groups -OCH3 is 1. The van der Waals surface area contributed by atoms with Crippen LogP contribution >= 0.6 is 11.6 Å². The first kappa shape index (κ1) is 15.6. The van der Waals surface area contributed by atoms with E-state index in [2.05, 4.69) is 4.98 Å². The van der Waals surface area contributed by atoms with Crippen LogP contribution in [-0.2, 0) is 21.8 Å². The molecule has 1 aromatic heterocycles. The third-order valence-electron chi connectivity index (χ3n) is 2.37. The highest BCUT2D eigenvalue weighted by Gasteiger charge is 2.20. The topological polar surface area (TPSA) is 48.4 Å². The maximum atomic E-state index is 12.9. The van der Waals surface area contributed by atoms with Crippen LogP contribution in [0.3, 0.4) is 0 Å². The van der Waals surface area contributed by atoms with Gasteiger partial charge in [0.25, 0.3) is 6.43 Å². The number of rotatable bonds is 6. The van der Waals surface area contributed by atoms with E-state index in [4.69, 9.17) is 21.1 Å². The van der Waals surface area contributed by atoms with Gasteiger partial charge in [0.15, 0.2) is 0 Å². The van der Waals surface area contributed by atoms with Crippen molar-refractivity contribution >= 4 is 17.6 Å². The number of halogens is 3. The fourth-order valence-electron chi connectivity index (χ4n) is 1.57. The summed E-state index contributed by atoms with van der Waals surface area (Å²) in [7, 11) is 1.31. The van der Waals surface area contributed by atoms with Crippen molar-refractivity contribution in [2.45, 2.75) is 25.7 Å². The number of nitrogens with zero attached hydrogens (tertiary/aromatic N) is 1. The van der Waals surface area contributed by atoms with E-state index >= 15 is 0 Å². The third-order valence-corrected chi connectivity index (χ3v) is 2.63. The van der Waals surface area contributed by atoms with Gasteiger partial charge in [0, 0.05) is 11.1 Å². The molecule has 0 aromatic carbocycles. The fourth-order valence-corrected chi connectivity index (χ4v) is 1.84. The van der Waals surface area contributed by atoms with E-state index in [1.54, 1.807) is 6.92 Å². The molecule has 0 saturated heterocycles. The van der Waals surface area contributed by atoms with E-state index in [9.17, 15) is 13.6 Å². The van der Waals surface area contributed by atoms with Gasteiger partial charge in [-0.3, -0.25) is 4.79 Å². The van der Waals surface area contributed by atoms with Gasteiger partial charge in [0.1, 0.15) is 0 Å². The molecule has 0 spiro atoms. The molecule has 0 unspecified atom stereocenters. The molecule has 1 heterocycles. The largest absolute Gasteiger partial charge is 0.481 e. The van der Waals surface area contributed by atoms with Crippen molar-refractivity contribution in [3.8, 4) is 5.88 Å². The van der Waals surface area contributed by atoms with Gasteiger partial charge in [0.2, 0.25) is 5.88 Å². The van der Waals surface area contributed by atoms with Crippen molar-refractivity contribution in [2.24, 2.45) is 0 Å². The van der Waals surface area contributed by atoms with Crippen LogP contribution in [0.25, 0.3) is 0 Å². The smallest absolute Gasteiger partial charge is 0.311 e. The number of pyridine rings is 1. The summed E-state index contributed by atoms with van der Waals surface area (Å²) in [6, 6.07) is 1.15. The zero-order valence-electron chi connectivity index (χ0n) is 10.6. The summed E-state index contributed by atoms with van der Waals surface area (Å²) < 4.78 is 35.5. The molecular weight excluding hydrogens is 280 g/mol. The summed E-state index contributed by atoms with van der Waals surface area (Å²) in [6.07, 6.45) is -2.90. The number of alkyl halides is 3. The van der Waals surface area contributed by atoms with E-state index in [1.165, 1.54) is 7.11 Å². The van der Waals surface area contributed by atoms with E-state index in [0.29, 0.717) is 0 Å². The average Bonchev–Trinajstić information content (AvgIpc) is 2.37. The van der Waals surface area contributed by atoms with E-state index in [-0.39, 0.29) is 41.6 Å². The number of ether oxygens (including phenoxy) is 2. The van der Waals surface area contributed by atoms with Crippen molar-refractivity contribution < 1.29 is 23.0 Å². The van der Waals surface area contributed by atoms with Crippen LogP contribution in [0, 0.1) is 0 Å². The standard InChI is InChI=1S/C12H14ClF2NO3/c1-3-19-10(17)5-7-4-8(11(14)15)9(6-13)12(16-7)18-2/h4,11H,3,5-6H2,1-2H3. The number of hydrogen-bond acceptors (Lipinski definition) is 4. The Hall–Kier alpha value is -1.43. The van der Waals surface area contributed by atoms with E-state index in [0.717, 1.165) is 6.07 Å². The average molecular weight is 294 g/mol. The Kier molecular flexibility index (Phi) is 5.95. The molecule has 1 rings (SSSR count). The molecule has 106 valence electrons. The molecule has 7 heteroatoms. The molecule has 4 nitrogen and oxygen atoms in total. The van der Waals surface area contributed by atoms with E-state index < -0.39 is 12.4 Å². The van der Waals surface area contributed by atoms with Gasteiger partial charge in [-0.2, -0.15) is 0 Å². The Balaban J connectivity index is 3.13. The molecule has 0 bridgehead atoms. The molecule has 0 fully saturated rings. The summed E-state index contributed by atoms with van der Waals surface area (Å²) in [4.78, 5) is 15.3. The Morgan fingerprint density at radius 2 is 2.21 bits per heavy atom. The fraction of sp³-hybridized carbons (Fsp3) is 0.500. The molecule has 0 saturated carbocycles. The highest BCUT2D eigenvalue weighted by atomic mass is 35.5. The van der Waals surface area contributed by atoms with Gasteiger partial charge >= 0.3 is 5.97 Å². The zero-order chi connectivity index (χ0) is 14.4. The molecule has 0 atom stereocenters. The predicted octanol–water partition coefficient (Wildman–Crippen LogP) is 2.87. The first-order valence-corrected chi connectivity index (χ1v) is 6.13. The van der Waals surface area contributed by atoms with Crippen molar-refractivity contribution in [1.29, 1.82) is 0 Å². The minimum absolute atomic E-state index is 0.00657. The maximum Gasteiger partial charge on any atom is 0.311 e. The van der Waals surface area contributed by atoms with Crippen molar-refractivity contribution in [3.63, 3.8) is 0 Å². The van der Waals surface area contributed by atoms with Crippen molar-refractivity contribution in [1.82, 2.24) is 4.98 Å². The van der Waals surface area contributed by atoms with Crippen LogP contribution < -0.4 is 4.74 Å². The second-order valence-corrected chi connectivity index (χ2v) is 3.87. The molecule has 0 amide bonds. The summed E-state index contributed by atoms with van der Waals surface area (Å²) >= 11 is 5.62. The molecule has 0 radical (unpaired) electrons.